The molecule has 0 unspecified atom stereocenters. The van der Waals surface area contributed by atoms with Crippen LogP contribution in [0.2, 0.25) is 0 Å². The molecule has 1 aromatic rings. The zero-order valence-corrected chi connectivity index (χ0v) is 12.5. The third-order valence-electron chi connectivity index (χ3n) is 4.00. The van der Waals surface area contributed by atoms with Gasteiger partial charge in [-0.25, -0.2) is 0 Å². The maximum Gasteiger partial charge on any atom is 0.254 e. The molecule has 0 spiro atoms. The molecule has 1 fully saturated rings. The van der Waals surface area contributed by atoms with E-state index in [1.165, 1.54) is 5.56 Å². The third kappa shape index (κ3) is 2.98. The number of aryl methyl sites for hydroxylation is 3. The summed E-state index contributed by atoms with van der Waals surface area (Å²) in [5.74, 6) is 0.200. The fourth-order valence-electron chi connectivity index (χ4n) is 2.94. The van der Waals surface area contributed by atoms with Gasteiger partial charge in [-0.1, -0.05) is 24.6 Å². The first kappa shape index (κ1) is 14.1. The highest BCUT2D eigenvalue weighted by Gasteiger charge is 2.23. The summed E-state index contributed by atoms with van der Waals surface area (Å²) in [5, 5.41) is 0. The van der Waals surface area contributed by atoms with E-state index in [1.54, 1.807) is 0 Å². The molecule has 104 valence electrons. The van der Waals surface area contributed by atoms with Crippen LogP contribution in [0.5, 0.6) is 0 Å². The van der Waals surface area contributed by atoms with Gasteiger partial charge in [-0.3, -0.25) is 4.79 Å². The van der Waals surface area contributed by atoms with E-state index in [2.05, 4.69) is 30.9 Å². The highest BCUT2D eigenvalue weighted by atomic mass is 16.2. The van der Waals surface area contributed by atoms with Gasteiger partial charge < -0.3 is 9.80 Å². The van der Waals surface area contributed by atoms with Crippen molar-refractivity contribution in [2.45, 2.75) is 27.7 Å². The quantitative estimate of drug-likeness (QED) is 0.815. The predicted octanol–water partition coefficient (Wildman–Crippen LogP) is 2.39. The van der Waals surface area contributed by atoms with Crippen molar-refractivity contribution in [1.82, 2.24) is 9.80 Å². The van der Waals surface area contributed by atoms with Crippen molar-refractivity contribution < 1.29 is 4.79 Å². The van der Waals surface area contributed by atoms with Crippen LogP contribution in [0.15, 0.2) is 12.1 Å². The van der Waals surface area contributed by atoms with Gasteiger partial charge in [0.2, 0.25) is 0 Å². The molecule has 0 saturated carbocycles. The summed E-state index contributed by atoms with van der Waals surface area (Å²) in [6.07, 6.45) is 0. The van der Waals surface area contributed by atoms with Crippen LogP contribution in [0.3, 0.4) is 0 Å². The number of carbonyl (C=O) groups is 1. The minimum absolute atomic E-state index is 0.200. The molecule has 3 nitrogen and oxygen atoms in total. The van der Waals surface area contributed by atoms with Crippen LogP contribution in [-0.4, -0.2) is 48.4 Å². The molecular weight excluding hydrogens is 236 g/mol. The normalized spacial score (nSPS) is 16.7. The Bertz CT molecular complexity index is 451. The molecule has 1 aromatic carbocycles. The van der Waals surface area contributed by atoms with Crippen molar-refractivity contribution in [2.24, 2.45) is 0 Å². The molecule has 0 aromatic heterocycles. The number of hydrogen-bond donors (Lipinski definition) is 0. The van der Waals surface area contributed by atoms with Crippen LogP contribution in [0.1, 0.15) is 34.0 Å². The summed E-state index contributed by atoms with van der Waals surface area (Å²) in [5.41, 5.74) is 4.32. The van der Waals surface area contributed by atoms with E-state index >= 15 is 0 Å². The van der Waals surface area contributed by atoms with Crippen LogP contribution in [0.25, 0.3) is 0 Å². The van der Waals surface area contributed by atoms with Crippen molar-refractivity contribution in [3.63, 3.8) is 0 Å². The van der Waals surface area contributed by atoms with E-state index in [0.29, 0.717) is 0 Å². The van der Waals surface area contributed by atoms with E-state index in [9.17, 15) is 4.79 Å². The van der Waals surface area contributed by atoms with Crippen LogP contribution < -0.4 is 0 Å². The zero-order chi connectivity index (χ0) is 14.0. The van der Waals surface area contributed by atoms with Crippen molar-refractivity contribution in [3.8, 4) is 0 Å². The Morgan fingerprint density at radius 1 is 1.05 bits per heavy atom. The molecule has 0 N–H and O–H groups in total. The van der Waals surface area contributed by atoms with Gasteiger partial charge in [-0.05, 0) is 38.4 Å². The number of carbonyl (C=O) groups excluding carboxylic acids is 1. The first-order valence-electron chi connectivity index (χ1n) is 7.12. The van der Waals surface area contributed by atoms with Gasteiger partial charge >= 0.3 is 0 Å². The summed E-state index contributed by atoms with van der Waals surface area (Å²) in [4.78, 5) is 17.0. The third-order valence-corrected chi connectivity index (χ3v) is 4.00. The SMILES string of the molecule is CCN1CCN(C(=O)c2c(C)cc(C)cc2C)CC1. The van der Waals surface area contributed by atoms with Crippen LogP contribution in [0.4, 0.5) is 0 Å². The van der Waals surface area contributed by atoms with Gasteiger partial charge in [0.25, 0.3) is 5.91 Å². The van der Waals surface area contributed by atoms with Gasteiger partial charge in [0.05, 0.1) is 0 Å². The van der Waals surface area contributed by atoms with Gasteiger partial charge in [0, 0.05) is 31.7 Å². The van der Waals surface area contributed by atoms with E-state index in [-0.39, 0.29) is 5.91 Å². The van der Waals surface area contributed by atoms with Gasteiger partial charge in [0.1, 0.15) is 0 Å². The minimum Gasteiger partial charge on any atom is -0.336 e. The average molecular weight is 260 g/mol. The van der Waals surface area contributed by atoms with Gasteiger partial charge in [0.15, 0.2) is 0 Å². The molecule has 19 heavy (non-hydrogen) atoms. The standard InChI is InChI=1S/C16H24N2O/c1-5-17-6-8-18(9-7-17)16(19)15-13(3)10-12(2)11-14(15)4/h10-11H,5-9H2,1-4H3. The van der Waals surface area contributed by atoms with Crippen molar-refractivity contribution in [1.29, 1.82) is 0 Å². The first-order valence-corrected chi connectivity index (χ1v) is 7.12. The molecule has 0 aliphatic carbocycles. The number of benzene rings is 1. The predicted molar refractivity (Wildman–Crippen MR) is 78.7 cm³/mol. The maximum absolute atomic E-state index is 12.7. The Labute approximate surface area is 116 Å². The van der Waals surface area contributed by atoms with Gasteiger partial charge in [-0.2, -0.15) is 0 Å². The largest absolute Gasteiger partial charge is 0.336 e. The number of rotatable bonds is 2. The molecule has 0 bridgehead atoms. The Morgan fingerprint density at radius 3 is 2.05 bits per heavy atom. The Balaban J connectivity index is 2.17. The highest BCUT2D eigenvalue weighted by molar-refractivity contribution is 5.97. The number of likely N-dealkylation sites (N-methyl/N-ethyl adjacent to an activating group) is 1. The zero-order valence-electron chi connectivity index (χ0n) is 12.5. The number of amides is 1. The summed E-state index contributed by atoms with van der Waals surface area (Å²) >= 11 is 0. The molecule has 1 saturated heterocycles. The second-order valence-corrected chi connectivity index (χ2v) is 5.50. The Kier molecular flexibility index (Phi) is 4.25. The molecular formula is C16H24N2O. The van der Waals surface area contributed by atoms with E-state index in [0.717, 1.165) is 49.4 Å². The number of nitrogens with zero attached hydrogens (tertiary/aromatic N) is 2. The fourth-order valence-corrected chi connectivity index (χ4v) is 2.94. The lowest BCUT2D eigenvalue weighted by atomic mass is 9.98. The average Bonchev–Trinajstić information content (AvgIpc) is 2.37. The molecule has 2 rings (SSSR count). The maximum atomic E-state index is 12.7. The molecule has 1 aliphatic heterocycles. The Hall–Kier alpha value is -1.35. The molecule has 1 heterocycles. The lowest BCUT2D eigenvalue weighted by molar-refractivity contribution is 0.0642. The summed E-state index contributed by atoms with van der Waals surface area (Å²) in [7, 11) is 0. The Morgan fingerprint density at radius 2 is 1.58 bits per heavy atom. The summed E-state index contributed by atoms with van der Waals surface area (Å²) in [6, 6.07) is 4.20. The fraction of sp³-hybridized carbons (Fsp3) is 0.562. The number of piperazine rings is 1. The van der Waals surface area contributed by atoms with Crippen molar-refractivity contribution in [3.05, 3.63) is 34.4 Å². The van der Waals surface area contributed by atoms with Crippen LogP contribution >= 0.6 is 0 Å². The second kappa shape index (κ2) is 5.74. The molecule has 1 aliphatic rings. The highest BCUT2D eigenvalue weighted by Crippen LogP contribution is 2.19. The van der Waals surface area contributed by atoms with Crippen LogP contribution in [0, 0.1) is 20.8 Å². The van der Waals surface area contributed by atoms with E-state index in [4.69, 9.17) is 0 Å². The van der Waals surface area contributed by atoms with E-state index in [1.807, 2.05) is 18.7 Å². The van der Waals surface area contributed by atoms with Crippen molar-refractivity contribution >= 4 is 5.91 Å². The topological polar surface area (TPSA) is 23.6 Å². The molecule has 3 heteroatoms. The number of hydrogen-bond acceptors (Lipinski definition) is 2. The summed E-state index contributed by atoms with van der Waals surface area (Å²) in [6.45, 7) is 13.1. The lowest BCUT2D eigenvalue weighted by Gasteiger charge is -2.34. The monoisotopic (exact) mass is 260 g/mol. The first-order chi connectivity index (χ1) is 9.02. The van der Waals surface area contributed by atoms with Crippen molar-refractivity contribution in [2.75, 3.05) is 32.7 Å². The minimum atomic E-state index is 0.200. The molecule has 0 atom stereocenters. The smallest absolute Gasteiger partial charge is 0.254 e. The summed E-state index contributed by atoms with van der Waals surface area (Å²) < 4.78 is 0. The lowest BCUT2D eigenvalue weighted by Crippen LogP contribution is -2.48. The van der Waals surface area contributed by atoms with E-state index < -0.39 is 0 Å². The molecule has 0 radical (unpaired) electrons. The van der Waals surface area contributed by atoms with Crippen LogP contribution in [-0.2, 0) is 0 Å². The molecule has 1 amide bonds. The van der Waals surface area contributed by atoms with Gasteiger partial charge in [-0.15, -0.1) is 0 Å². The second-order valence-electron chi connectivity index (χ2n) is 5.50.